The van der Waals surface area contributed by atoms with Crippen molar-refractivity contribution in [3.8, 4) is 16.8 Å². The third-order valence-electron chi connectivity index (χ3n) is 16.6. The molecule has 0 radical (unpaired) electrons. The largest absolute Gasteiger partial charge is 0.466 e. The maximum absolute atomic E-state index is 7.84. The summed E-state index contributed by atoms with van der Waals surface area (Å²) >= 11 is 0. The van der Waals surface area contributed by atoms with Crippen molar-refractivity contribution in [3.63, 3.8) is 0 Å². The van der Waals surface area contributed by atoms with Gasteiger partial charge >= 0.3 is 6.85 Å². The lowest BCUT2D eigenvalue weighted by molar-refractivity contribution is 0.557. The predicted octanol–water partition coefficient (Wildman–Crippen LogP) is 17.8. The third kappa shape index (κ3) is 7.07. The van der Waals surface area contributed by atoms with Gasteiger partial charge in [-0.25, -0.2) is 0 Å². The average molecular weight is 960 g/mol. The molecule has 4 nitrogen and oxygen atoms in total. The van der Waals surface area contributed by atoms with Crippen LogP contribution >= 0.6 is 0 Å². The van der Waals surface area contributed by atoms with Crippen molar-refractivity contribution in [2.75, 3.05) is 4.90 Å². The molecule has 0 amide bonds. The molecule has 0 bridgehead atoms. The minimum absolute atomic E-state index is 0.00753. The third-order valence-corrected chi connectivity index (χ3v) is 16.6. The highest BCUT2D eigenvalue weighted by Gasteiger charge is 2.48. The summed E-state index contributed by atoms with van der Waals surface area (Å²) in [5.74, 6) is 0. The van der Waals surface area contributed by atoms with Gasteiger partial charge in [-0.15, -0.1) is 0 Å². The summed E-state index contributed by atoms with van der Waals surface area (Å²) in [4.78, 5) is 2.60. The Labute approximate surface area is 434 Å². The summed E-state index contributed by atoms with van der Waals surface area (Å²) in [6.07, 6.45) is 0. The van der Waals surface area contributed by atoms with Crippen molar-refractivity contribution < 1.29 is 4.42 Å². The van der Waals surface area contributed by atoms with E-state index >= 15 is 0 Å². The van der Waals surface area contributed by atoms with E-state index in [2.05, 4.69) is 260 Å². The van der Waals surface area contributed by atoms with Gasteiger partial charge in [0.2, 0.25) is 0 Å². The van der Waals surface area contributed by atoms with Crippen LogP contribution in [0.4, 0.5) is 17.1 Å². The van der Waals surface area contributed by atoms with Crippen LogP contribution < -0.4 is 16.0 Å². The van der Waals surface area contributed by atoms with Crippen LogP contribution in [0.2, 0.25) is 0 Å². The highest BCUT2D eigenvalue weighted by Crippen LogP contribution is 2.53. The topological polar surface area (TPSA) is 26.2 Å². The van der Waals surface area contributed by atoms with Gasteiger partial charge in [0.25, 0.3) is 0 Å². The Morgan fingerprint density at radius 3 is 1.55 bits per heavy atom. The van der Waals surface area contributed by atoms with Crippen molar-refractivity contribution in [2.45, 2.75) is 157 Å². The van der Waals surface area contributed by atoms with Gasteiger partial charge < -0.3 is 18.4 Å². The zero-order chi connectivity index (χ0) is 52.0. The summed E-state index contributed by atoms with van der Waals surface area (Å²) in [6.45, 7) is 41.9. The number of nitrogens with zero attached hydrogens (tertiary/aromatic N) is 3. The molecule has 0 saturated carbocycles. The first-order valence-corrected chi connectivity index (χ1v) is 26.9. The van der Waals surface area contributed by atoms with E-state index < -0.39 is 0 Å². The number of fused-ring (bicyclic) bond motifs is 13. The smallest absolute Gasteiger partial charge is 0.375 e. The molecule has 370 valence electrons. The van der Waals surface area contributed by atoms with E-state index in [1.54, 1.807) is 0 Å². The summed E-state index contributed by atoms with van der Waals surface area (Å²) in [6, 6.07) is 47.6. The minimum Gasteiger partial charge on any atom is -0.466 e. The number of hydrogen-bond donors (Lipinski definition) is 0. The molecule has 0 fully saturated rings. The fourth-order valence-electron chi connectivity index (χ4n) is 12.2. The Morgan fingerprint density at radius 2 is 0.959 bits per heavy atom. The summed E-state index contributed by atoms with van der Waals surface area (Å²) in [5, 5.41) is 6.30. The summed E-state index contributed by atoms with van der Waals surface area (Å²) in [7, 11) is 0. The van der Waals surface area contributed by atoms with Gasteiger partial charge in [-0.2, -0.15) is 0 Å². The van der Waals surface area contributed by atoms with Gasteiger partial charge in [0.05, 0.1) is 16.7 Å². The van der Waals surface area contributed by atoms with Crippen LogP contribution in [0.15, 0.2) is 126 Å². The molecule has 7 aromatic carbocycles. The van der Waals surface area contributed by atoms with Crippen molar-refractivity contribution in [1.29, 1.82) is 0 Å². The highest BCUT2D eigenvalue weighted by molar-refractivity contribution is 6.89. The molecule has 12 rings (SSSR count). The summed E-state index contributed by atoms with van der Waals surface area (Å²) < 4.78 is 13.1. The van der Waals surface area contributed by atoms with Crippen molar-refractivity contribution in [2.24, 2.45) is 0 Å². The number of benzene rings is 7. The zero-order valence-electron chi connectivity index (χ0n) is 46.9. The Kier molecular flexibility index (Phi) is 9.82. The lowest BCUT2D eigenvalue weighted by Crippen LogP contribution is -2.56. The molecule has 0 spiro atoms. The molecule has 0 saturated heterocycles. The molecule has 5 heteroatoms. The molecule has 5 heterocycles. The molecule has 2 aliphatic heterocycles. The standard InChI is InChI=1S/C68H74BN3O/c1-63(2,3)39-24-28-45(29-25-39)71-55-37-43(67(13,14)15)34-47-49-38-48-46-32-40(64(4,5)6)26-30-53(46)70(44-22-20-19-21-23-44)58(48)56-50-33-41(65(7,8)9)27-31-54(50)72(59(49)56)69(57(47)55)62-60(71)51-35-42(66(10,11)12)36-52(61(51)73-62)68(16,17)18/h19-38H,1-18H3. The Bertz CT molecular complexity index is 3940. The van der Waals surface area contributed by atoms with Crippen LogP contribution in [0, 0.1) is 0 Å². The summed E-state index contributed by atoms with van der Waals surface area (Å²) in [5.41, 5.74) is 22.8. The van der Waals surface area contributed by atoms with E-state index in [4.69, 9.17) is 4.42 Å². The van der Waals surface area contributed by atoms with E-state index in [1.165, 1.54) is 105 Å². The fourth-order valence-corrected chi connectivity index (χ4v) is 12.2. The monoisotopic (exact) mass is 960 g/mol. The van der Waals surface area contributed by atoms with Gasteiger partial charge in [-0.3, -0.25) is 0 Å². The highest BCUT2D eigenvalue weighted by atomic mass is 16.3. The minimum atomic E-state index is -0.259. The zero-order valence-corrected chi connectivity index (χ0v) is 46.9. The first kappa shape index (κ1) is 47.5. The van der Waals surface area contributed by atoms with Crippen molar-refractivity contribution >= 4 is 89.6 Å². The Balaban J connectivity index is 1.34. The molecule has 2 aliphatic rings. The number of anilines is 3. The van der Waals surface area contributed by atoms with Crippen LogP contribution in [0.1, 0.15) is 158 Å². The number of hydrogen-bond acceptors (Lipinski definition) is 2. The average Bonchev–Trinajstić information content (AvgIpc) is 3.96. The van der Waals surface area contributed by atoms with Gasteiger partial charge in [-0.1, -0.05) is 179 Å². The van der Waals surface area contributed by atoms with Gasteiger partial charge in [0.15, 0.2) is 0 Å². The first-order valence-electron chi connectivity index (χ1n) is 26.9. The normalized spacial score (nSPS) is 14.4. The number of rotatable bonds is 2. The van der Waals surface area contributed by atoms with Crippen molar-refractivity contribution in [1.82, 2.24) is 9.05 Å². The lowest BCUT2D eigenvalue weighted by Gasteiger charge is -2.39. The van der Waals surface area contributed by atoms with E-state index in [0.717, 1.165) is 28.3 Å². The molecule has 0 unspecified atom stereocenters. The predicted molar refractivity (Wildman–Crippen MR) is 316 cm³/mol. The maximum Gasteiger partial charge on any atom is 0.375 e. The van der Waals surface area contributed by atoms with Crippen LogP contribution in [-0.2, 0) is 32.5 Å². The van der Waals surface area contributed by atoms with E-state index in [1.807, 2.05) is 0 Å². The number of para-hydroxylation sites is 1. The maximum atomic E-state index is 7.84. The fraction of sp³-hybridized carbons (Fsp3) is 0.353. The second-order valence-corrected chi connectivity index (χ2v) is 28.0. The molecular formula is C68H74BN3O. The van der Waals surface area contributed by atoms with E-state index in [-0.39, 0.29) is 39.3 Å². The van der Waals surface area contributed by atoms with Crippen LogP contribution in [0.25, 0.3) is 71.4 Å². The van der Waals surface area contributed by atoms with Crippen LogP contribution in [0.3, 0.4) is 0 Å². The molecule has 73 heavy (non-hydrogen) atoms. The molecule has 3 aromatic heterocycles. The number of aromatic nitrogens is 2. The molecule has 0 N–H and O–H groups in total. The van der Waals surface area contributed by atoms with Gasteiger partial charge in [-0.05, 0) is 138 Å². The van der Waals surface area contributed by atoms with Gasteiger partial charge in [0.1, 0.15) is 11.2 Å². The lowest BCUT2D eigenvalue weighted by atomic mass is 9.47. The van der Waals surface area contributed by atoms with E-state index in [9.17, 15) is 0 Å². The number of furan rings is 1. The second-order valence-electron chi connectivity index (χ2n) is 28.0. The SMILES string of the molecule is CC(C)(C)c1ccc(N2c3cc(C(C)(C)C)cc4c3B(c3oc5c(C(C)(C)C)cc(C(C)(C)C)cc5c32)n2c3ccc(C(C)(C)C)cc3c3c2c-4cc2c4cc(C(C)(C)C)ccc4n(-c4ccccc4)c23)cc1. The van der Waals surface area contributed by atoms with Gasteiger partial charge in [0, 0.05) is 66.2 Å². The Hall–Kier alpha value is -6.46. The second kappa shape index (κ2) is 15.1. The van der Waals surface area contributed by atoms with Crippen molar-refractivity contribution in [3.05, 3.63) is 155 Å². The molecule has 0 aliphatic carbocycles. The Morgan fingerprint density at radius 1 is 0.411 bits per heavy atom. The van der Waals surface area contributed by atoms with E-state index in [0.29, 0.717) is 0 Å². The molecule has 10 aromatic rings. The molecular weight excluding hydrogens is 886 g/mol. The molecule has 0 atom stereocenters. The van der Waals surface area contributed by atoms with Crippen LogP contribution in [0.5, 0.6) is 0 Å². The van der Waals surface area contributed by atoms with Crippen LogP contribution in [-0.4, -0.2) is 15.9 Å². The first-order chi connectivity index (χ1) is 34.0. The quantitative estimate of drug-likeness (QED) is 0.161.